The molecule has 1 aliphatic heterocycles. The topological polar surface area (TPSA) is 49.9 Å². The Morgan fingerprint density at radius 2 is 2.27 bits per heavy atom. The molecule has 1 rings (SSSR count). The molecule has 0 radical (unpaired) electrons. The van der Waals surface area contributed by atoms with Crippen LogP contribution in [0.2, 0.25) is 0 Å². The lowest BCUT2D eigenvalue weighted by molar-refractivity contribution is -0.537. The first-order chi connectivity index (χ1) is 5.00. The molecule has 11 heavy (non-hydrogen) atoms. The van der Waals surface area contributed by atoms with Crippen LogP contribution >= 0.6 is 0 Å². The fraction of sp³-hybridized carbons (Fsp3) is 0.750. The summed E-state index contributed by atoms with van der Waals surface area (Å²) in [6.45, 7) is 5.74. The Morgan fingerprint density at radius 1 is 1.73 bits per heavy atom. The second-order valence-corrected chi connectivity index (χ2v) is 3.61. The van der Waals surface area contributed by atoms with Crippen LogP contribution in [0.1, 0.15) is 27.2 Å². The van der Waals surface area contributed by atoms with E-state index in [0.717, 1.165) is 4.74 Å². The lowest BCUT2D eigenvalue weighted by Gasteiger charge is -2.22. The summed E-state index contributed by atoms with van der Waals surface area (Å²) in [6.07, 6.45) is 0.618. The predicted octanol–water partition coefficient (Wildman–Crippen LogP) is 1.28. The SMILES string of the molecule is CC1CC(C#N)=[N+]([O-])C1(C)C. The van der Waals surface area contributed by atoms with Crippen LogP contribution in [0, 0.1) is 22.5 Å². The van der Waals surface area contributed by atoms with Gasteiger partial charge in [0.15, 0.2) is 11.6 Å². The van der Waals surface area contributed by atoms with Crippen LogP contribution < -0.4 is 0 Å². The molecule has 0 bridgehead atoms. The van der Waals surface area contributed by atoms with Crippen molar-refractivity contribution >= 4 is 5.71 Å². The molecule has 1 aliphatic rings. The molecule has 0 spiro atoms. The number of hydrogen-bond acceptors (Lipinski definition) is 2. The van der Waals surface area contributed by atoms with Gasteiger partial charge >= 0.3 is 0 Å². The molecule has 0 saturated heterocycles. The van der Waals surface area contributed by atoms with Crippen LogP contribution in [0.25, 0.3) is 0 Å². The standard InChI is InChI=1S/C8H12N2O/c1-6-4-7(5-9)10(11)8(6,2)3/h6H,4H2,1-3H3. The summed E-state index contributed by atoms with van der Waals surface area (Å²) in [5, 5.41) is 19.9. The second-order valence-electron chi connectivity index (χ2n) is 3.61. The number of hydroxylamine groups is 1. The molecular formula is C8H12N2O. The fourth-order valence-corrected chi connectivity index (χ4v) is 1.26. The minimum atomic E-state index is -0.398. The van der Waals surface area contributed by atoms with Gasteiger partial charge in [0, 0.05) is 19.8 Å². The smallest absolute Gasteiger partial charge is 0.266 e. The third kappa shape index (κ3) is 0.988. The average Bonchev–Trinajstić information content (AvgIpc) is 2.14. The van der Waals surface area contributed by atoms with Crippen LogP contribution in [0.15, 0.2) is 0 Å². The van der Waals surface area contributed by atoms with Gasteiger partial charge in [-0.05, 0) is 0 Å². The van der Waals surface area contributed by atoms with E-state index >= 15 is 0 Å². The van der Waals surface area contributed by atoms with Gasteiger partial charge in [-0.3, -0.25) is 0 Å². The zero-order valence-corrected chi connectivity index (χ0v) is 7.09. The van der Waals surface area contributed by atoms with Gasteiger partial charge < -0.3 is 5.21 Å². The van der Waals surface area contributed by atoms with Crippen molar-refractivity contribution in [2.75, 3.05) is 0 Å². The van der Waals surface area contributed by atoms with Crippen LogP contribution in [0.5, 0.6) is 0 Å². The molecule has 0 aromatic rings. The number of nitriles is 1. The van der Waals surface area contributed by atoms with Crippen molar-refractivity contribution in [1.29, 1.82) is 5.26 Å². The fourth-order valence-electron chi connectivity index (χ4n) is 1.26. The summed E-state index contributed by atoms with van der Waals surface area (Å²) in [5.41, 5.74) is -0.0343. The van der Waals surface area contributed by atoms with Crippen LogP contribution in [-0.2, 0) is 0 Å². The highest BCUT2D eigenvalue weighted by atomic mass is 16.5. The van der Waals surface area contributed by atoms with E-state index in [2.05, 4.69) is 0 Å². The summed E-state index contributed by atoms with van der Waals surface area (Å²) in [7, 11) is 0. The molecule has 1 unspecified atom stereocenters. The third-order valence-corrected chi connectivity index (χ3v) is 2.60. The van der Waals surface area contributed by atoms with E-state index in [1.807, 2.05) is 26.8 Å². The summed E-state index contributed by atoms with van der Waals surface area (Å²) < 4.78 is 0.845. The third-order valence-electron chi connectivity index (χ3n) is 2.60. The molecule has 0 fully saturated rings. The lowest BCUT2D eigenvalue weighted by atomic mass is 9.90. The normalized spacial score (nSPS) is 28.7. The molecule has 0 amide bonds. The number of hydrogen-bond donors (Lipinski definition) is 0. The molecule has 3 nitrogen and oxygen atoms in total. The van der Waals surface area contributed by atoms with E-state index in [0.29, 0.717) is 12.1 Å². The lowest BCUT2D eigenvalue weighted by Crippen LogP contribution is -2.34. The van der Waals surface area contributed by atoms with Gasteiger partial charge in [0.05, 0.1) is 6.42 Å². The van der Waals surface area contributed by atoms with E-state index in [9.17, 15) is 5.21 Å². The molecule has 0 aliphatic carbocycles. The van der Waals surface area contributed by atoms with E-state index in [1.165, 1.54) is 0 Å². The van der Waals surface area contributed by atoms with Crippen molar-refractivity contribution < 1.29 is 4.74 Å². The molecule has 1 atom stereocenters. The van der Waals surface area contributed by atoms with Crippen molar-refractivity contribution in [2.24, 2.45) is 5.92 Å². The average molecular weight is 152 g/mol. The molecule has 0 N–H and O–H groups in total. The molecule has 60 valence electrons. The molecule has 3 heteroatoms. The first-order valence-corrected chi connectivity index (χ1v) is 3.73. The zero-order chi connectivity index (χ0) is 8.65. The summed E-state index contributed by atoms with van der Waals surface area (Å²) in [4.78, 5) is 0. The molecule has 0 aromatic heterocycles. The molecule has 0 aromatic carbocycles. The van der Waals surface area contributed by atoms with E-state index in [1.54, 1.807) is 0 Å². The highest BCUT2D eigenvalue weighted by Crippen LogP contribution is 2.29. The summed E-state index contributed by atoms with van der Waals surface area (Å²) >= 11 is 0. The highest BCUT2D eigenvalue weighted by molar-refractivity contribution is 5.95. The van der Waals surface area contributed by atoms with Crippen molar-refractivity contribution in [1.82, 2.24) is 0 Å². The maximum Gasteiger partial charge on any atom is 0.266 e. The largest absolute Gasteiger partial charge is 0.623 e. The summed E-state index contributed by atoms with van der Waals surface area (Å²) in [6, 6.07) is 1.93. The van der Waals surface area contributed by atoms with Crippen molar-refractivity contribution in [3.8, 4) is 6.07 Å². The minimum Gasteiger partial charge on any atom is -0.623 e. The van der Waals surface area contributed by atoms with Crippen molar-refractivity contribution in [2.45, 2.75) is 32.7 Å². The Balaban J connectivity index is 3.04. The van der Waals surface area contributed by atoms with Gasteiger partial charge in [0.25, 0.3) is 5.71 Å². The van der Waals surface area contributed by atoms with Gasteiger partial charge in [-0.15, -0.1) is 0 Å². The van der Waals surface area contributed by atoms with Gasteiger partial charge in [-0.25, -0.2) is 0 Å². The second kappa shape index (κ2) is 2.23. The van der Waals surface area contributed by atoms with Gasteiger partial charge in [-0.2, -0.15) is 10.0 Å². The van der Waals surface area contributed by atoms with E-state index in [4.69, 9.17) is 5.26 Å². The molecule has 1 heterocycles. The quantitative estimate of drug-likeness (QED) is 0.388. The van der Waals surface area contributed by atoms with Gasteiger partial charge in [0.2, 0.25) is 0 Å². The van der Waals surface area contributed by atoms with Gasteiger partial charge in [0.1, 0.15) is 0 Å². The van der Waals surface area contributed by atoms with Crippen molar-refractivity contribution in [3.63, 3.8) is 0 Å². The Morgan fingerprint density at radius 3 is 2.45 bits per heavy atom. The molecule has 0 saturated carbocycles. The first kappa shape index (κ1) is 8.06. The first-order valence-electron chi connectivity index (χ1n) is 3.73. The van der Waals surface area contributed by atoms with Crippen LogP contribution in [0.3, 0.4) is 0 Å². The molecular weight excluding hydrogens is 140 g/mol. The highest BCUT2D eigenvalue weighted by Gasteiger charge is 2.43. The van der Waals surface area contributed by atoms with Crippen molar-refractivity contribution in [3.05, 3.63) is 5.21 Å². The number of rotatable bonds is 0. The predicted molar refractivity (Wildman–Crippen MR) is 42.1 cm³/mol. The Labute approximate surface area is 66.5 Å². The van der Waals surface area contributed by atoms with E-state index < -0.39 is 5.54 Å². The van der Waals surface area contributed by atoms with Gasteiger partial charge in [-0.1, -0.05) is 6.92 Å². The monoisotopic (exact) mass is 152 g/mol. The van der Waals surface area contributed by atoms with Crippen LogP contribution in [-0.4, -0.2) is 16.0 Å². The Hall–Kier alpha value is -1.04. The maximum absolute atomic E-state index is 11.3. The minimum absolute atomic E-state index is 0.273. The zero-order valence-electron chi connectivity index (χ0n) is 7.09. The van der Waals surface area contributed by atoms with E-state index in [-0.39, 0.29) is 5.92 Å². The maximum atomic E-state index is 11.3. The Bertz CT molecular complexity index is 247. The number of nitrogens with zero attached hydrogens (tertiary/aromatic N) is 2. The summed E-state index contributed by atoms with van der Waals surface area (Å²) in [5.74, 6) is 0.273. The Kier molecular flexibility index (Phi) is 1.63. The van der Waals surface area contributed by atoms with Crippen LogP contribution in [0.4, 0.5) is 0 Å².